The van der Waals surface area contributed by atoms with Gasteiger partial charge in [-0.05, 0) is 66.2 Å². The van der Waals surface area contributed by atoms with E-state index in [2.05, 4.69) is 10.3 Å². The van der Waals surface area contributed by atoms with Crippen molar-refractivity contribution in [1.29, 1.82) is 0 Å². The number of halogens is 1. The number of nitrogens with zero attached hydrogens (tertiary/aromatic N) is 2. The smallest absolute Gasteiger partial charge is 0.251 e. The highest BCUT2D eigenvalue weighted by Crippen LogP contribution is 2.22. The number of benzene rings is 3. The molecule has 4 aromatic rings. The Balaban J connectivity index is 1.35. The minimum absolute atomic E-state index is 0.185. The van der Waals surface area contributed by atoms with Crippen molar-refractivity contribution in [2.75, 3.05) is 0 Å². The molecule has 1 aromatic heterocycles. The summed E-state index contributed by atoms with van der Waals surface area (Å²) in [6.07, 6.45) is 4.75. The first kappa shape index (κ1) is 20.8. The Bertz CT molecular complexity index is 1240. The van der Waals surface area contributed by atoms with Gasteiger partial charge in [0.2, 0.25) is 5.91 Å². The third-order valence-electron chi connectivity index (χ3n) is 4.74. The number of imidazole rings is 1. The highest BCUT2D eigenvalue weighted by atomic mass is 19.1. The summed E-state index contributed by atoms with van der Waals surface area (Å²) in [5, 5.41) is 2.77. The lowest BCUT2D eigenvalue weighted by atomic mass is 10.1. The Labute approximate surface area is 183 Å². The molecular formula is C24H19FN4O3. The minimum Gasteiger partial charge on any atom is -0.457 e. The quantitative estimate of drug-likeness (QED) is 0.465. The number of primary amides is 1. The van der Waals surface area contributed by atoms with Crippen molar-refractivity contribution in [1.82, 2.24) is 14.9 Å². The monoisotopic (exact) mass is 430 g/mol. The minimum atomic E-state index is -0.510. The van der Waals surface area contributed by atoms with Gasteiger partial charge in [0.05, 0.1) is 12.0 Å². The van der Waals surface area contributed by atoms with Gasteiger partial charge in [-0.1, -0.05) is 6.07 Å². The van der Waals surface area contributed by atoms with Gasteiger partial charge in [-0.15, -0.1) is 0 Å². The molecule has 7 nitrogen and oxygen atoms in total. The summed E-state index contributed by atoms with van der Waals surface area (Å²) in [5.74, 6) is -0.135. The molecule has 0 bridgehead atoms. The lowest BCUT2D eigenvalue weighted by molar-refractivity contribution is 0.0949. The van der Waals surface area contributed by atoms with E-state index in [4.69, 9.17) is 10.5 Å². The van der Waals surface area contributed by atoms with Gasteiger partial charge in [0.25, 0.3) is 5.91 Å². The number of ether oxygens (including phenoxy) is 1. The summed E-state index contributed by atoms with van der Waals surface area (Å²) in [6.45, 7) is 0.185. The van der Waals surface area contributed by atoms with E-state index in [0.29, 0.717) is 33.9 Å². The Morgan fingerprint density at radius 1 is 0.969 bits per heavy atom. The molecule has 1 heterocycles. The summed E-state index contributed by atoms with van der Waals surface area (Å²) >= 11 is 0. The zero-order chi connectivity index (χ0) is 22.5. The van der Waals surface area contributed by atoms with Gasteiger partial charge in [0.1, 0.15) is 17.3 Å². The predicted octanol–water partition coefficient (Wildman–Crippen LogP) is 3.83. The lowest BCUT2D eigenvalue weighted by Crippen LogP contribution is -2.22. The van der Waals surface area contributed by atoms with Gasteiger partial charge in [-0.25, -0.2) is 9.37 Å². The van der Waals surface area contributed by atoms with Crippen LogP contribution in [0.3, 0.4) is 0 Å². The molecule has 160 valence electrons. The van der Waals surface area contributed by atoms with Crippen molar-refractivity contribution in [3.05, 3.63) is 108 Å². The first-order valence-corrected chi connectivity index (χ1v) is 9.72. The van der Waals surface area contributed by atoms with E-state index in [-0.39, 0.29) is 12.5 Å². The van der Waals surface area contributed by atoms with Crippen LogP contribution in [0.25, 0.3) is 5.69 Å². The summed E-state index contributed by atoms with van der Waals surface area (Å²) in [4.78, 5) is 27.5. The second-order valence-corrected chi connectivity index (χ2v) is 6.95. The fourth-order valence-electron chi connectivity index (χ4n) is 3.05. The lowest BCUT2D eigenvalue weighted by Gasteiger charge is -2.09. The van der Waals surface area contributed by atoms with Crippen LogP contribution in [-0.4, -0.2) is 21.4 Å². The van der Waals surface area contributed by atoms with Crippen molar-refractivity contribution >= 4 is 11.8 Å². The highest BCUT2D eigenvalue weighted by Gasteiger charge is 2.09. The molecular weight excluding hydrogens is 411 g/mol. The SMILES string of the molecule is NC(=O)c1ccc(Oc2ccc(C(=O)NCc3ccc(-n4ccnc4)c(F)c3)cc2)cc1. The van der Waals surface area contributed by atoms with Crippen LogP contribution in [0, 0.1) is 5.82 Å². The van der Waals surface area contributed by atoms with Crippen molar-refractivity contribution in [3.63, 3.8) is 0 Å². The molecule has 0 spiro atoms. The van der Waals surface area contributed by atoms with Gasteiger partial charge < -0.3 is 20.4 Å². The van der Waals surface area contributed by atoms with E-state index in [9.17, 15) is 14.0 Å². The molecule has 0 saturated heterocycles. The number of carbonyl (C=O) groups is 2. The van der Waals surface area contributed by atoms with Crippen molar-refractivity contribution < 1.29 is 18.7 Å². The van der Waals surface area contributed by atoms with E-state index in [1.54, 1.807) is 77.6 Å². The van der Waals surface area contributed by atoms with Crippen LogP contribution in [0.1, 0.15) is 26.3 Å². The first-order chi connectivity index (χ1) is 15.5. The molecule has 2 amide bonds. The normalized spacial score (nSPS) is 10.5. The fourth-order valence-corrected chi connectivity index (χ4v) is 3.05. The molecule has 0 aliphatic rings. The van der Waals surface area contributed by atoms with Gasteiger partial charge in [0, 0.05) is 30.1 Å². The average molecular weight is 430 g/mol. The number of nitrogens with one attached hydrogen (secondary N) is 1. The Morgan fingerprint density at radius 2 is 1.62 bits per heavy atom. The maximum atomic E-state index is 14.3. The van der Waals surface area contributed by atoms with Crippen LogP contribution in [0.15, 0.2) is 85.5 Å². The molecule has 32 heavy (non-hydrogen) atoms. The van der Waals surface area contributed by atoms with E-state index in [1.807, 2.05) is 0 Å². The van der Waals surface area contributed by atoms with Crippen LogP contribution >= 0.6 is 0 Å². The van der Waals surface area contributed by atoms with Crippen molar-refractivity contribution in [2.45, 2.75) is 6.54 Å². The molecule has 3 aromatic carbocycles. The van der Waals surface area contributed by atoms with Crippen LogP contribution in [0.5, 0.6) is 11.5 Å². The molecule has 3 N–H and O–H groups in total. The maximum absolute atomic E-state index is 14.3. The largest absolute Gasteiger partial charge is 0.457 e. The number of nitrogens with two attached hydrogens (primary N) is 1. The Kier molecular flexibility index (Phi) is 5.94. The number of aromatic nitrogens is 2. The topological polar surface area (TPSA) is 99.2 Å². The van der Waals surface area contributed by atoms with Gasteiger partial charge in [-0.2, -0.15) is 0 Å². The third kappa shape index (κ3) is 4.81. The van der Waals surface area contributed by atoms with Gasteiger partial charge >= 0.3 is 0 Å². The predicted molar refractivity (Wildman–Crippen MR) is 116 cm³/mol. The number of rotatable bonds is 7. The fraction of sp³-hybridized carbons (Fsp3) is 0.0417. The molecule has 0 saturated carbocycles. The molecule has 0 fully saturated rings. The second kappa shape index (κ2) is 9.13. The Hall–Kier alpha value is -4.46. The zero-order valence-electron chi connectivity index (χ0n) is 16.9. The number of carbonyl (C=O) groups excluding carboxylic acids is 2. The van der Waals surface area contributed by atoms with E-state index in [0.717, 1.165) is 0 Å². The first-order valence-electron chi connectivity index (χ1n) is 9.72. The molecule has 4 rings (SSSR count). The Morgan fingerprint density at radius 3 is 2.19 bits per heavy atom. The van der Waals surface area contributed by atoms with Crippen molar-refractivity contribution in [3.8, 4) is 17.2 Å². The summed E-state index contributed by atoms with van der Waals surface area (Å²) < 4.78 is 21.6. The average Bonchev–Trinajstić information content (AvgIpc) is 3.33. The van der Waals surface area contributed by atoms with Gasteiger partial charge in [0.15, 0.2) is 0 Å². The molecule has 8 heteroatoms. The van der Waals surface area contributed by atoms with E-state index < -0.39 is 11.7 Å². The molecule has 0 aliphatic heterocycles. The van der Waals surface area contributed by atoms with Crippen LogP contribution < -0.4 is 15.8 Å². The molecule has 0 unspecified atom stereocenters. The van der Waals surface area contributed by atoms with Crippen LogP contribution in [0.4, 0.5) is 4.39 Å². The standard InChI is InChI=1S/C24H19FN4O3/c25-21-13-16(1-10-22(21)29-12-11-27-15-29)14-28-24(31)18-4-8-20(9-5-18)32-19-6-2-17(3-7-19)23(26)30/h1-13,15H,14H2,(H2,26,30)(H,28,31). The highest BCUT2D eigenvalue weighted by molar-refractivity contribution is 5.94. The molecule has 0 radical (unpaired) electrons. The molecule has 0 atom stereocenters. The van der Waals surface area contributed by atoms with E-state index >= 15 is 0 Å². The van der Waals surface area contributed by atoms with Crippen LogP contribution in [-0.2, 0) is 6.54 Å². The molecule has 0 aliphatic carbocycles. The number of amides is 2. The third-order valence-corrected chi connectivity index (χ3v) is 4.74. The number of hydrogen-bond acceptors (Lipinski definition) is 4. The maximum Gasteiger partial charge on any atom is 0.251 e. The van der Waals surface area contributed by atoms with E-state index in [1.165, 1.54) is 12.4 Å². The summed E-state index contributed by atoms with van der Waals surface area (Å²) in [7, 11) is 0. The summed E-state index contributed by atoms with van der Waals surface area (Å²) in [5.41, 5.74) is 7.07. The summed E-state index contributed by atoms with van der Waals surface area (Å²) in [6, 6.07) is 17.8. The zero-order valence-corrected chi connectivity index (χ0v) is 16.9. The van der Waals surface area contributed by atoms with Crippen molar-refractivity contribution in [2.24, 2.45) is 5.73 Å². The van der Waals surface area contributed by atoms with Gasteiger partial charge in [-0.3, -0.25) is 9.59 Å². The number of hydrogen-bond donors (Lipinski definition) is 2. The second-order valence-electron chi connectivity index (χ2n) is 6.95. The van der Waals surface area contributed by atoms with Crippen LogP contribution in [0.2, 0.25) is 0 Å².